The number of halogens is 1. The fourth-order valence-electron chi connectivity index (χ4n) is 2.76. The third-order valence-electron chi connectivity index (χ3n) is 4.01. The van der Waals surface area contributed by atoms with Crippen LogP contribution in [-0.2, 0) is 0 Å². The zero-order chi connectivity index (χ0) is 14.1. The van der Waals surface area contributed by atoms with E-state index in [0.29, 0.717) is 19.1 Å². The van der Waals surface area contributed by atoms with E-state index in [4.69, 9.17) is 0 Å². The maximum Gasteiger partial charge on any atom is 0.257 e. The van der Waals surface area contributed by atoms with Crippen LogP contribution in [0.5, 0.6) is 5.75 Å². The van der Waals surface area contributed by atoms with Gasteiger partial charge in [0, 0.05) is 51.4 Å². The molecule has 2 saturated heterocycles. The van der Waals surface area contributed by atoms with Gasteiger partial charge in [0.25, 0.3) is 5.91 Å². The van der Waals surface area contributed by atoms with Crippen LogP contribution in [0.4, 0.5) is 4.39 Å². The molecule has 108 valence electrons. The summed E-state index contributed by atoms with van der Waals surface area (Å²) in [6, 6.07) is 3.91. The number of nitrogens with one attached hydrogen (secondary N) is 1. The highest BCUT2D eigenvalue weighted by Gasteiger charge is 2.36. The van der Waals surface area contributed by atoms with Crippen LogP contribution in [0, 0.1) is 5.82 Å². The topological polar surface area (TPSA) is 55.8 Å². The highest BCUT2D eigenvalue weighted by Crippen LogP contribution is 2.24. The molecule has 2 aliphatic heterocycles. The number of carbonyl (C=O) groups excluding carboxylic acids is 1. The number of phenolic OH excluding ortho intramolecular Hbond substituents is 1. The predicted octanol–water partition coefficient (Wildman–Crippen LogP) is 0.261. The lowest BCUT2D eigenvalue weighted by Crippen LogP contribution is -2.63. The molecule has 5 nitrogen and oxygen atoms in total. The van der Waals surface area contributed by atoms with Gasteiger partial charge in [-0.05, 0) is 12.1 Å². The smallest absolute Gasteiger partial charge is 0.257 e. The summed E-state index contributed by atoms with van der Waals surface area (Å²) in [5, 5.41) is 12.9. The second kappa shape index (κ2) is 5.38. The molecule has 2 heterocycles. The van der Waals surface area contributed by atoms with Gasteiger partial charge in [0.15, 0.2) is 0 Å². The monoisotopic (exact) mass is 279 g/mol. The first kappa shape index (κ1) is 13.3. The molecule has 0 spiro atoms. The lowest BCUT2D eigenvalue weighted by atomic mass is 10.0. The van der Waals surface area contributed by atoms with Crippen molar-refractivity contribution in [3.63, 3.8) is 0 Å². The van der Waals surface area contributed by atoms with E-state index in [2.05, 4.69) is 10.2 Å². The Hall–Kier alpha value is -1.66. The van der Waals surface area contributed by atoms with Crippen molar-refractivity contribution in [1.82, 2.24) is 15.1 Å². The number of rotatable bonds is 2. The summed E-state index contributed by atoms with van der Waals surface area (Å²) in [4.78, 5) is 16.3. The molecular weight excluding hydrogens is 261 g/mol. The minimum atomic E-state index is -0.540. The second-order valence-electron chi connectivity index (χ2n) is 5.31. The third-order valence-corrected chi connectivity index (χ3v) is 4.01. The molecule has 0 aromatic heterocycles. The number of aromatic hydroxyl groups is 1. The summed E-state index contributed by atoms with van der Waals surface area (Å²) < 4.78 is 12.9. The number of amides is 1. The largest absolute Gasteiger partial charge is 0.507 e. The summed E-state index contributed by atoms with van der Waals surface area (Å²) in [5.41, 5.74) is 0.171. The predicted molar refractivity (Wildman–Crippen MR) is 72.2 cm³/mol. The van der Waals surface area contributed by atoms with E-state index in [1.165, 1.54) is 12.1 Å². The van der Waals surface area contributed by atoms with Crippen molar-refractivity contribution in [3.05, 3.63) is 29.6 Å². The van der Waals surface area contributed by atoms with Crippen LogP contribution in [0.3, 0.4) is 0 Å². The first-order chi connectivity index (χ1) is 9.65. The molecular formula is C14H18FN3O2. The lowest BCUT2D eigenvalue weighted by Gasteiger charge is -2.46. The normalized spacial score (nSPS) is 20.8. The Kier molecular flexibility index (Phi) is 3.58. The summed E-state index contributed by atoms with van der Waals surface area (Å²) in [5.74, 6) is -1.06. The van der Waals surface area contributed by atoms with E-state index in [9.17, 15) is 14.3 Å². The number of hydrogen-bond donors (Lipinski definition) is 2. The van der Waals surface area contributed by atoms with Crippen LogP contribution in [0.1, 0.15) is 10.4 Å². The Bertz CT molecular complexity index is 511. The van der Waals surface area contributed by atoms with E-state index in [1.807, 2.05) is 0 Å². The molecule has 3 rings (SSSR count). The average molecular weight is 279 g/mol. The SMILES string of the molecule is O=C(c1ccc(F)cc1O)N1CC(N2CCNCC2)C1. The molecule has 0 aliphatic carbocycles. The van der Waals surface area contributed by atoms with E-state index < -0.39 is 5.82 Å². The zero-order valence-electron chi connectivity index (χ0n) is 11.2. The number of phenols is 1. The van der Waals surface area contributed by atoms with Gasteiger partial charge < -0.3 is 15.3 Å². The number of benzene rings is 1. The molecule has 1 aromatic rings. The molecule has 0 radical (unpaired) electrons. The Labute approximate surface area is 117 Å². The molecule has 2 fully saturated rings. The van der Waals surface area contributed by atoms with Crippen molar-refractivity contribution < 1.29 is 14.3 Å². The molecule has 20 heavy (non-hydrogen) atoms. The summed E-state index contributed by atoms with van der Waals surface area (Å²) in [7, 11) is 0. The van der Waals surface area contributed by atoms with E-state index in [1.54, 1.807) is 4.90 Å². The highest BCUT2D eigenvalue weighted by molar-refractivity contribution is 5.97. The Morgan fingerprint density at radius 2 is 2.00 bits per heavy atom. The molecule has 0 atom stereocenters. The van der Waals surface area contributed by atoms with E-state index in [-0.39, 0.29) is 17.2 Å². The first-order valence-electron chi connectivity index (χ1n) is 6.88. The summed E-state index contributed by atoms with van der Waals surface area (Å²) in [6.45, 7) is 5.35. The zero-order valence-corrected chi connectivity index (χ0v) is 11.2. The molecule has 2 N–H and O–H groups in total. The van der Waals surface area contributed by atoms with Crippen molar-refractivity contribution in [2.75, 3.05) is 39.3 Å². The van der Waals surface area contributed by atoms with Crippen LogP contribution < -0.4 is 5.32 Å². The average Bonchev–Trinajstić information content (AvgIpc) is 2.38. The summed E-state index contributed by atoms with van der Waals surface area (Å²) >= 11 is 0. The Morgan fingerprint density at radius 3 is 2.65 bits per heavy atom. The van der Waals surface area contributed by atoms with Gasteiger partial charge in [-0.25, -0.2) is 4.39 Å². The minimum absolute atomic E-state index is 0.171. The van der Waals surface area contributed by atoms with Gasteiger partial charge in [0.1, 0.15) is 11.6 Å². The second-order valence-corrected chi connectivity index (χ2v) is 5.31. The number of likely N-dealkylation sites (tertiary alicyclic amines) is 1. The molecule has 0 unspecified atom stereocenters. The third kappa shape index (κ3) is 2.48. The van der Waals surface area contributed by atoms with E-state index >= 15 is 0 Å². The molecule has 6 heteroatoms. The van der Waals surface area contributed by atoms with E-state index in [0.717, 1.165) is 32.2 Å². The molecule has 0 bridgehead atoms. The first-order valence-corrected chi connectivity index (χ1v) is 6.88. The maximum absolute atomic E-state index is 12.9. The van der Waals surface area contributed by atoms with Gasteiger partial charge in [0.2, 0.25) is 0 Å². The van der Waals surface area contributed by atoms with Crippen molar-refractivity contribution in [3.8, 4) is 5.75 Å². The van der Waals surface area contributed by atoms with Gasteiger partial charge in [-0.15, -0.1) is 0 Å². The molecule has 1 aromatic carbocycles. The molecule has 0 saturated carbocycles. The Balaban J connectivity index is 1.60. The van der Waals surface area contributed by atoms with Crippen molar-refractivity contribution in [1.29, 1.82) is 0 Å². The lowest BCUT2D eigenvalue weighted by molar-refractivity contribution is 0.0225. The van der Waals surface area contributed by atoms with Crippen LogP contribution >= 0.6 is 0 Å². The number of piperazine rings is 1. The highest BCUT2D eigenvalue weighted by atomic mass is 19.1. The minimum Gasteiger partial charge on any atom is -0.507 e. The van der Waals surface area contributed by atoms with Crippen LogP contribution in [0.2, 0.25) is 0 Å². The van der Waals surface area contributed by atoms with Crippen molar-refractivity contribution in [2.24, 2.45) is 0 Å². The fraction of sp³-hybridized carbons (Fsp3) is 0.500. The van der Waals surface area contributed by atoms with Crippen molar-refractivity contribution >= 4 is 5.91 Å². The van der Waals surface area contributed by atoms with Gasteiger partial charge in [-0.1, -0.05) is 0 Å². The van der Waals surface area contributed by atoms with Crippen LogP contribution in [0.25, 0.3) is 0 Å². The molecule has 2 aliphatic rings. The van der Waals surface area contributed by atoms with Crippen molar-refractivity contribution in [2.45, 2.75) is 6.04 Å². The number of nitrogens with zero attached hydrogens (tertiary/aromatic N) is 2. The Morgan fingerprint density at radius 1 is 1.30 bits per heavy atom. The van der Waals surface area contributed by atoms with Crippen LogP contribution in [-0.4, -0.2) is 66.1 Å². The fourth-order valence-corrected chi connectivity index (χ4v) is 2.76. The maximum atomic E-state index is 12.9. The summed E-state index contributed by atoms with van der Waals surface area (Å²) in [6.07, 6.45) is 0. The number of carbonyl (C=O) groups is 1. The van der Waals surface area contributed by atoms with Gasteiger partial charge in [0.05, 0.1) is 5.56 Å². The number of hydrogen-bond acceptors (Lipinski definition) is 4. The van der Waals surface area contributed by atoms with Gasteiger partial charge in [-0.3, -0.25) is 9.69 Å². The molecule has 1 amide bonds. The van der Waals surface area contributed by atoms with Gasteiger partial charge in [-0.2, -0.15) is 0 Å². The van der Waals surface area contributed by atoms with Gasteiger partial charge >= 0.3 is 0 Å². The van der Waals surface area contributed by atoms with Crippen LogP contribution in [0.15, 0.2) is 18.2 Å². The quantitative estimate of drug-likeness (QED) is 0.815. The standard InChI is InChI=1S/C14H18FN3O2/c15-10-1-2-12(13(19)7-10)14(20)18-8-11(9-18)17-5-3-16-4-6-17/h1-2,7,11,16,19H,3-6,8-9H2.